The summed E-state index contributed by atoms with van der Waals surface area (Å²) in [4.78, 5) is 19.2. The third-order valence-corrected chi connectivity index (χ3v) is 2.65. The van der Waals surface area contributed by atoms with E-state index >= 15 is 0 Å². The summed E-state index contributed by atoms with van der Waals surface area (Å²) in [5.41, 5.74) is 0. The van der Waals surface area contributed by atoms with Crippen LogP contribution in [0.25, 0.3) is 0 Å². The Morgan fingerprint density at radius 3 is 1.55 bits per heavy atom. The van der Waals surface area contributed by atoms with Crippen LogP contribution in [0.2, 0.25) is 0 Å². The SMILES string of the molecule is C=CC(=O)[O-].CCCCCCCCCCCC(=O)[O-].[Zn+2]. The summed E-state index contributed by atoms with van der Waals surface area (Å²) in [6.45, 7) is 5.12. The van der Waals surface area contributed by atoms with Gasteiger partial charge in [0.15, 0.2) is 0 Å². The van der Waals surface area contributed by atoms with E-state index in [4.69, 9.17) is 9.90 Å². The van der Waals surface area contributed by atoms with Gasteiger partial charge in [0.05, 0.1) is 5.97 Å². The molecule has 0 atom stereocenters. The van der Waals surface area contributed by atoms with Crippen molar-refractivity contribution in [2.24, 2.45) is 0 Å². The molecular weight excluding hydrogens is 310 g/mol. The van der Waals surface area contributed by atoms with Crippen LogP contribution in [0.1, 0.15) is 71.1 Å². The predicted molar refractivity (Wildman–Crippen MR) is 72.1 cm³/mol. The standard InChI is InChI=1S/C12H24O2.C3H4O2.Zn/c1-2-3-4-5-6-7-8-9-10-11-12(13)14;1-2-3(4)5;/h2-11H2,1H3,(H,13,14);2H,1H2,(H,4,5);/q;;+2/p-2. The van der Waals surface area contributed by atoms with Crippen molar-refractivity contribution in [3.05, 3.63) is 12.7 Å². The first-order chi connectivity index (χ1) is 9.04. The zero-order valence-electron chi connectivity index (χ0n) is 12.7. The largest absolute Gasteiger partial charge is 2.00 e. The molecule has 20 heavy (non-hydrogen) atoms. The van der Waals surface area contributed by atoms with Gasteiger partial charge in [-0.15, -0.1) is 0 Å². The number of carbonyl (C=O) groups is 2. The fourth-order valence-corrected chi connectivity index (χ4v) is 1.58. The molecule has 5 heteroatoms. The van der Waals surface area contributed by atoms with Crippen LogP contribution in [-0.4, -0.2) is 11.9 Å². The minimum Gasteiger partial charge on any atom is -0.550 e. The van der Waals surface area contributed by atoms with Gasteiger partial charge in [-0.05, 0) is 18.9 Å². The Labute approximate surface area is 135 Å². The fraction of sp³-hybridized carbons (Fsp3) is 0.733. The van der Waals surface area contributed by atoms with Gasteiger partial charge in [-0.1, -0.05) is 64.9 Å². The molecule has 0 aromatic heterocycles. The van der Waals surface area contributed by atoms with Gasteiger partial charge in [0.25, 0.3) is 0 Å². The van der Waals surface area contributed by atoms with E-state index in [1.807, 2.05) is 0 Å². The van der Waals surface area contributed by atoms with Gasteiger partial charge in [0.1, 0.15) is 0 Å². The van der Waals surface area contributed by atoms with Crippen molar-refractivity contribution in [1.29, 1.82) is 0 Å². The molecule has 0 aliphatic rings. The second-order valence-electron chi connectivity index (χ2n) is 4.47. The number of hydrogen-bond acceptors (Lipinski definition) is 4. The first kappa shape index (κ1) is 24.3. The number of rotatable bonds is 11. The van der Waals surface area contributed by atoms with Gasteiger partial charge < -0.3 is 19.8 Å². The van der Waals surface area contributed by atoms with Crippen molar-refractivity contribution in [2.45, 2.75) is 71.1 Å². The van der Waals surface area contributed by atoms with Crippen LogP contribution in [0.15, 0.2) is 12.7 Å². The van der Waals surface area contributed by atoms with Crippen LogP contribution in [0.5, 0.6) is 0 Å². The summed E-state index contributed by atoms with van der Waals surface area (Å²) in [6, 6.07) is 0. The Bertz CT molecular complexity index is 242. The predicted octanol–water partition coefficient (Wildman–Crippen LogP) is 1.58. The zero-order chi connectivity index (χ0) is 14.9. The van der Waals surface area contributed by atoms with Crippen LogP contribution >= 0.6 is 0 Å². The summed E-state index contributed by atoms with van der Waals surface area (Å²) in [7, 11) is 0. The molecule has 0 aromatic rings. The summed E-state index contributed by atoms with van der Waals surface area (Å²) in [6.07, 6.45) is 11.9. The van der Waals surface area contributed by atoms with Crippen molar-refractivity contribution in [3.8, 4) is 0 Å². The van der Waals surface area contributed by atoms with E-state index in [0.29, 0.717) is 0 Å². The quantitative estimate of drug-likeness (QED) is 0.326. The number of hydrogen-bond donors (Lipinski definition) is 0. The number of carboxylic acids is 2. The summed E-state index contributed by atoms with van der Waals surface area (Å²) in [5, 5.41) is 19.2. The molecule has 0 spiro atoms. The molecule has 0 saturated carbocycles. The third-order valence-electron chi connectivity index (χ3n) is 2.65. The smallest absolute Gasteiger partial charge is 0.550 e. The maximum absolute atomic E-state index is 10.1. The minimum absolute atomic E-state index is 0. The molecule has 0 aromatic carbocycles. The van der Waals surface area contributed by atoms with Gasteiger partial charge in [-0.3, -0.25) is 0 Å². The van der Waals surface area contributed by atoms with Crippen molar-refractivity contribution in [2.75, 3.05) is 0 Å². The van der Waals surface area contributed by atoms with Gasteiger partial charge in [-0.25, -0.2) is 0 Å². The van der Waals surface area contributed by atoms with E-state index in [0.717, 1.165) is 18.9 Å². The number of carbonyl (C=O) groups excluding carboxylic acids is 2. The van der Waals surface area contributed by atoms with Gasteiger partial charge in [0.2, 0.25) is 0 Å². The van der Waals surface area contributed by atoms with Crippen molar-refractivity contribution < 1.29 is 39.3 Å². The van der Waals surface area contributed by atoms with Gasteiger partial charge in [-0.2, -0.15) is 0 Å². The van der Waals surface area contributed by atoms with Gasteiger partial charge >= 0.3 is 19.5 Å². The van der Waals surface area contributed by atoms with E-state index < -0.39 is 11.9 Å². The van der Waals surface area contributed by atoms with Crippen molar-refractivity contribution in [1.82, 2.24) is 0 Å². The van der Waals surface area contributed by atoms with Crippen LogP contribution in [-0.2, 0) is 29.1 Å². The Balaban J connectivity index is -0.000000414. The average Bonchev–Trinajstić information content (AvgIpc) is 2.37. The Kier molecular flexibility index (Phi) is 25.1. The molecule has 112 valence electrons. The topological polar surface area (TPSA) is 80.3 Å². The first-order valence-corrected chi connectivity index (χ1v) is 7.07. The zero-order valence-corrected chi connectivity index (χ0v) is 15.7. The maximum atomic E-state index is 10.1. The molecule has 4 nitrogen and oxygen atoms in total. The van der Waals surface area contributed by atoms with Crippen LogP contribution in [0, 0.1) is 0 Å². The number of unbranched alkanes of at least 4 members (excludes halogenated alkanes) is 8. The van der Waals surface area contributed by atoms with E-state index in [1.54, 1.807) is 0 Å². The fourth-order valence-electron chi connectivity index (χ4n) is 1.58. The second-order valence-corrected chi connectivity index (χ2v) is 4.47. The molecule has 0 unspecified atom stereocenters. The van der Waals surface area contributed by atoms with E-state index in [-0.39, 0.29) is 25.9 Å². The van der Waals surface area contributed by atoms with Crippen molar-refractivity contribution in [3.63, 3.8) is 0 Å². The first-order valence-electron chi connectivity index (χ1n) is 7.07. The van der Waals surface area contributed by atoms with E-state index in [2.05, 4.69) is 13.5 Å². The maximum Gasteiger partial charge on any atom is 2.00 e. The summed E-state index contributed by atoms with van der Waals surface area (Å²) < 4.78 is 0. The van der Waals surface area contributed by atoms with E-state index in [1.165, 1.54) is 44.9 Å². The number of carboxylic acid groups (broad SMARTS) is 2. The molecule has 0 N–H and O–H groups in total. The molecule has 0 aliphatic carbocycles. The van der Waals surface area contributed by atoms with Crippen LogP contribution < -0.4 is 10.2 Å². The van der Waals surface area contributed by atoms with Crippen molar-refractivity contribution >= 4 is 11.9 Å². The Hall–Kier alpha value is -0.697. The molecule has 0 rings (SSSR count). The third kappa shape index (κ3) is 30.4. The molecule has 0 saturated heterocycles. The van der Waals surface area contributed by atoms with Crippen LogP contribution in [0.4, 0.5) is 0 Å². The second kappa shape index (κ2) is 20.6. The average molecular weight is 336 g/mol. The summed E-state index contributed by atoms with van der Waals surface area (Å²) in [5.74, 6) is -2.14. The molecule has 0 heterocycles. The molecule has 0 bridgehead atoms. The van der Waals surface area contributed by atoms with E-state index in [9.17, 15) is 9.90 Å². The number of aliphatic carboxylic acids is 2. The van der Waals surface area contributed by atoms with Gasteiger partial charge in [0, 0.05) is 5.97 Å². The van der Waals surface area contributed by atoms with Crippen LogP contribution in [0.3, 0.4) is 0 Å². The molecule has 0 aliphatic heterocycles. The molecule has 0 fully saturated rings. The molecule has 0 amide bonds. The Morgan fingerprint density at radius 2 is 1.25 bits per heavy atom. The molecular formula is C15H26O4Zn. The monoisotopic (exact) mass is 334 g/mol. The minimum atomic E-state index is -1.23. The Morgan fingerprint density at radius 1 is 0.900 bits per heavy atom. The summed E-state index contributed by atoms with van der Waals surface area (Å²) >= 11 is 0. The molecule has 0 radical (unpaired) electrons. The normalized spacial score (nSPS) is 8.85.